The highest BCUT2D eigenvalue weighted by atomic mass is 16.6. The third-order valence-corrected chi connectivity index (χ3v) is 7.94. The highest BCUT2D eigenvalue weighted by Crippen LogP contribution is 2.48. The molecule has 0 aliphatic carbocycles. The van der Waals surface area contributed by atoms with Gasteiger partial charge in [-0.15, -0.1) is 0 Å². The lowest BCUT2D eigenvalue weighted by atomic mass is 9.93. The number of aliphatic carboxylic acids is 1. The van der Waals surface area contributed by atoms with Crippen molar-refractivity contribution in [2.45, 2.75) is 52.2 Å². The van der Waals surface area contributed by atoms with Crippen LogP contribution < -0.4 is 23.8 Å². The van der Waals surface area contributed by atoms with Gasteiger partial charge in [0.05, 0.1) is 32.2 Å². The number of carboxylic acids is 1. The lowest BCUT2D eigenvalue weighted by Gasteiger charge is -2.33. The molecule has 3 heterocycles. The zero-order valence-corrected chi connectivity index (χ0v) is 25.4. The molecule has 43 heavy (non-hydrogen) atoms. The van der Waals surface area contributed by atoms with Crippen LogP contribution >= 0.6 is 0 Å². The molecule has 1 fully saturated rings. The van der Waals surface area contributed by atoms with Gasteiger partial charge in [-0.2, -0.15) is 0 Å². The Morgan fingerprint density at radius 2 is 1.77 bits per heavy atom. The average molecular weight is 597 g/mol. The van der Waals surface area contributed by atoms with Crippen molar-refractivity contribution < 1.29 is 43.2 Å². The normalized spacial score (nSPS) is 22.0. The number of ether oxygens (including phenoxy) is 5. The Morgan fingerprint density at radius 3 is 2.42 bits per heavy atom. The molecule has 5 rings (SSSR count). The van der Waals surface area contributed by atoms with Crippen molar-refractivity contribution in [3.8, 4) is 23.0 Å². The first kappa shape index (κ1) is 30.5. The fraction of sp³-hybridized carbons (Fsp3) is 0.531. The zero-order valence-electron chi connectivity index (χ0n) is 25.4. The molecule has 0 bridgehead atoms. The molecule has 3 atom stereocenters. The first-order chi connectivity index (χ1) is 20.5. The van der Waals surface area contributed by atoms with Gasteiger partial charge in [-0.25, -0.2) is 0 Å². The van der Waals surface area contributed by atoms with Crippen LogP contribution in [0.4, 0.5) is 5.69 Å². The maximum Gasteiger partial charge on any atom is 0.308 e. The van der Waals surface area contributed by atoms with Crippen molar-refractivity contribution in [1.82, 2.24) is 4.90 Å². The molecule has 0 spiro atoms. The number of rotatable bonds is 7. The minimum Gasteiger partial charge on any atom is -0.493 e. The number of hydrogen-bond acceptors (Lipinski definition) is 8. The molecular formula is C32H40N2O9. The number of hydrogen-bond donors (Lipinski definition) is 1. The van der Waals surface area contributed by atoms with Crippen LogP contribution in [-0.2, 0) is 19.1 Å². The van der Waals surface area contributed by atoms with Crippen molar-refractivity contribution in [3.05, 3.63) is 41.5 Å². The summed E-state index contributed by atoms with van der Waals surface area (Å²) in [7, 11) is 3.08. The third kappa shape index (κ3) is 6.36. The molecule has 3 aliphatic rings. The number of methoxy groups -OCH3 is 2. The minimum atomic E-state index is -1.16. The van der Waals surface area contributed by atoms with Crippen LogP contribution in [0.25, 0.3) is 0 Å². The summed E-state index contributed by atoms with van der Waals surface area (Å²) >= 11 is 0. The number of piperidine rings is 1. The summed E-state index contributed by atoms with van der Waals surface area (Å²) < 4.78 is 29.9. The molecule has 3 aliphatic heterocycles. The number of benzene rings is 2. The Labute approximate surface area is 251 Å². The maximum absolute atomic E-state index is 14.4. The van der Waals surface area contributed by atoms with E-state index in [0.717, 1.165) is 0 Å². The Balaban J connectivity index is 1.62. The molecule has 11 heteroatoms. The summed E-state index contributed by atoms with van der Waals surface area (Å²) in [5.41, 5.74) is 1.57. The van der Waals surface area contributed by atoms with E-state index in [4.69, 9.17) is 23.7 Å². The molecule has 1 saturated heterocycles. The van der Waals surface area contributed by atoms with Crippen molar-refractivity contribution in [2.24, 2.45) is 11.3 Å². The predicted octanol–water partition coefficient (Wildman–Crippen LogP) is 4.06. The summed E-state index contributed by atoms with van der Waals surface area (Å²) in [6.07, 6.45) is -1.14. The molecule has 2 aromatic rings. The van der Waals surface area contributed by atoms with Gasteiger partial charge in [0.1, 0.15) is 25.4 Å². The van der Waals surface area contributed by atoms with Gasteiger partial charge in [0.15, 0.2) is 23.0 Å². The van der Waals surface area contributed by atoms with Crippen molar-refractivity contribution >= 4 is 23.5 Å². The number of para-hydroxylation sites is 1. The van der Waals surface area contributed by atoms with E-state index < -0.39 is 24.1 Å². The molecule has 11 nitrogen and oxygen atoms in total. The van der Waals surface area contributed by atoms with Gasteiger partial charge in [0.2, 0.25) is 5.91 Å². The second-order valence-electron chi connectivity index (χ2n) is 12.3. The van der Waals surface area contributed by atoms with Crippen LogP contribution in [0.5, 0.6) is 23.0 Å². The summed E-state index contributed by atoms with van der Waals surface area (Å²) in [4.78, 5) is 42.9. The third-order valence-electron chi connectivity index (χ3n) is 7.94. The van der Waals surface area contributed by atoms with Crippen LogP contribution in [0.1, 0.15) is 57.3 Å². The molecule has 0 radical (unpaired) electrons. The van der Waals surface area contributed by atoms with Crippen LogP contribution in [0, 0.1) is 11.3 Å². The van der Waals surface area contributed by atoms with Gasteiger partial charge in [-0.05, 0) is 30.4 Å². The SMILES string of the molecule is COc1cccc([C@@H]2O[C@@H](CC(=O)N3CCCC(C(=O)O)C3)C(=O)N(CC(C)(C)C)c3cc4c(cc32)OCCO4)c1OC. The van der Waals surface area contributed by atoms with Gasteiger partial charge in [0, 0.05) is 36.8 Å². The van der Waals surface area contributed by atoms with Gasteiger partial charge in [-0.1, -0.05) is 32.9 Å². The number of nitrogens with zero attached hydrogens (tertiary/aromatic N) is 2. The summed E-state index contributed by atoms with van der Waals surface area (Å²) in [5.74, 6) is -0.259. The molecular weight excluding hydrogens is 556 g/mol. The quantitative estimate of drug-likeness (QED) is 0.504. The topological polar surface area (TPSA) is 124 Å². The number of likely N-dealkylation sites (tertiary alicyclic amines) is 1. The summed E-state index contributed by atoms with van der Waals surface area (Å²) in [5, 5.41) is 9.56. The Bertz CT molecular complexity index is 1390. The monoisotopic (exact) mass is 596 g/mol. The van der Waals surface area contributed by atoms with E-state index in [9.17, 15) is 19.5 Å². The molecule has 0 aromatic heterocycles. The minimum absolute atomic E-state index is 0.107. The smallest absolute Gasteiger partial charge is 0.308 e. The maximum atomic E-state index is 14.4. The van der Waals surface area contributed by atoms with Gasteiger partial charge in [0.25, 0.3) is 5.91 Å². The highest BCUT2D eigenvalue weighted by molar-refractivity contribution is 6.01. The fourth-order valence-electron chi connectivity index (χ4n) is 5.95. The Morgan fingerprint density at radius 1 is 1.05 bits per heavy atom. The van der Waals surface area contributed by atoms with Crippen LogP contribution in [0.2, 0.25) is 0 Å². The molecule has 1 N–H and O–H groups in total. The van der Waals surface area contributed by atoms with E-state index >= 15 is 0 Å². The average Bonchev–Trinajstić information content (AvgIpc) is 3.09. The van der Waals surface area contributed by atoms with Crippen LogP contribution in [0.15, 0.2) is 30.3 Å². The summed E-state index contributed by atoms with van der Waals surface area (Å²) in [6, 6.07) is 9.08. The first-order valence-electron chi connectivity index (χ1n) is 14.6. The van der Waals surface area contributed by atoms with Gasteiger partial charge < -0.3 is 38.6 Å². The molecule has 232 valence electrons. The number of anilines is 1. The zero-order chi connectivity index (χ0) is 30.9. The summed E-state index contributed by atoms with van der Waals surface area (Å²) in [6.45, 7) is 7.76. The Hall–Kier alpha value is -3.99. The lowest BCUT2D eigenvalue weighted by molar-refractivity contribution is -0.148. The standard InChI is InChI=1S/C32H40N2O9/c1-32(2,3)18-34-22-15-25-24(41-12-13-42-25)14-21(22)28(20-9-6-10-23(39-4)29(20)40-5)43-26(30(34)36)16-27(35)33-11-7-8-19(17-33)31(37)38/h6,9-10,14-15,19,26,28H,7-8,11-13,16-18H2,1-5H3,(H,37,38)/t19?,26-,28-/m0/s1. The van der Waals surface area contributed by atoms with E-state index in [1.165, 1.54) is 12.0 Å². The van der Waals surface area contributed by atoms with E-state index in [2.05, 4.69) is 0 Å². The number of amides is 2. The molecule has 0 saturated carbocycles. The number of fused-ring (bicyclic) bond motifs is 2. The van der Waals surface area contributed by atoms with Crippen molar-refractivity contribution in [2.75, 3.05) is 52.0 Å². The van der Waals surface area contributed by atoms with E-state index in [1.807, 2.05) is 45.0 Å². The van der Waals surface area contributed by atoms with Crippen molar-refractivity contribution in [3.63, 3.8) is 0 Å². The predicted molar refractivity (Wildman–Crippen MR) is 157 cm³/mol. The fourth-order valence-corrected chi connectivity index (χ4v) is 5.95. The Kier molecular flexibility index (Phi) is 8.73. The van der Waals surface area contributed by atoms with E-state index in [-0.39, 0.29) is 30.2 Å². The second kappa shape index (κ2) is 12.3. The first-order valence-corrected chi connectivity index (χ1v) is 14.6. The lowest BCUT2D eigenvalue weighted by Crippen LogP contribution is -2.47. The molecule has 2 amide bonds. The largest absolute Gasteiger partial charge is 0.493 e. The van der Waals surface area contributed by atoms with Crippen LogP contribution in [0.3, 0.4) is 0 Å². The van der Waals surface area contributed by atoms with E-state index in [0.29, 0.717) is 79.0 Å². The number of carbonyl (C=O) groups excluding carboxylic acids is 2. The highest BCUT2D eigenvalue weighted by Gasteiger charge is 2.42. The molecule has 2 aromatic carbocycles. The van der Waals surface area contributed by atoms with Gasteiger partial charge in [-0.3, -0.25) is 14.4 Å². The second-order valence-corrected chi connectivity index (χ2v) is 12.3. The van der Waals surface area contributed by atoms with Crippen LogP contribution in [-0.4, -0.2) is 81.0 Å². The van der Waals surface area contributed by atoms with Gasteiger partial charge >= 0.3 is 5.97 Å². The van der Waals surface area contributed by atoms with Crippen molar-refractivity contribution in [1.29, 1.82) is 0 Å². The molecule has 1 unspecified atom stereocenters. The number of carbonyl (C=O) groups is 3. The van der Waals surface area contributed by atoms with E-state index in [1.54, 1.807) is 18.1 Å². The number of carboxylic acid groups (broad SMARTS) is 1.